The average Bonchev–Trinajstić information content (AvgIpc) is 3.29. The molecular weight excluding hydrogens is 522 g/mol. The zero-order valence-corrected chi connectivity index (χ0v) is 24.6. The molecule has 8 rings (SSSR count). The number of methoxy groups -OCH3 is 1. The van der Waals surface area contributed by atoms with Crippen LogP contribution in [-0.4, -0.2) is 12.1 Å². The minimum Gasteiger partial charge on any atom is -0.496 e. The highest BCUT2D eigenvalue weighted by Gasteiger charge is 2.37. The van der Waals surface area contributed by atoms with Gasteiger partial charge in [0.2, 0.25) is 0 Å². The molecule has 43 heavy (non-hydrogen) atoms. The van der Waals surface area contributed by atoms with Crippen LogP contribution in [0.4, 0.5) is 0 Å². The first-order valence-electron chi connectivity index (χ1n) is 14.8. The summed E-state index contributed by atoms with van der Waals surface area (Å²) in [6, 6.07) is 48.0. The largest absolute Gasteiger partial charge is 0.496 e. The molecule has 6 aromatic carbocycles. The molecule has 1 aliphatic rings. The van der Waals surface area contributed by atoms with Gasteiger partial charge in [-0.3, -0.25) is 0 Å². The van der Waals surface area contributed by atoms with Crippen molar-refractivity contribution in [3.05, 3.63) is 145 Å². The van der Waals surface area contributed by atoms with Crippen molar-refractivity contribution in [2.24, 2.45) is 0 Å². The molecule has 0 N–H and O–H groups in total. The molecule has 0 bridgehead atoms. The molecule has 7 aromatic rings. The van der Waals surface area contributed by atoms with E-state index in [0.29, 0.717) is 0 Å². The third-order valence-electron chi connectivity index (χ3n) is 9.17. The van der Waals surface area contributed by atoms with E-state index in [4.69, 9.17) is 9.72 Å². The van der Waals surface area contributed by atoms with Gasteiger partial charge in [-0.2, -0.15) is 0 Å². The summed E-state index contributed by atoms with van der Waals surface area (Å²) in [4.78, 5) is 5.32. The van der Waals surface area contributed by atoms with Crippen LogP contribution < -0.4 is 4.74 Å². The third kappa shape index (κ3) is 3.98. The topological polar surface area (TPSA) is 22.1 Å². The lowest BCUT2D eigenvalue weighted by Crippen LogP contribution is -2.15. The van der Waals surface area contributed by atoms with Gasteiger partial charge < -0.3 is 4.74 Å². The van der Waals surface area contributed by atoms with Crippen LogP contribution in [0.2, 0.25) is 0 Å². The lowest BCUT2D eigenvalue weighted by Gasteiger charge is -2.22. The number of nitrogens with zero attached hydrogens (tertiary/aromatic N) is 1. The quantitative estimate of drug-likeness (QED) is 0.202. The first-order valence-corrected chi connectivity index (χ1v) is 14.8. The zero-order chi connectivity index (χ0) is 29.1. The molecule has 0 aliphatic heterocycles. The summed E-state index contributed by atoms with van der Waals surface area (Å²) in [7, 11) is 1.73. The van der Waals surface area contributed by atoms with Gasteiger partial charge >= 0.3 is 0 Å². The van der Waals surface area contributed by atoms with Crippen molar-refractivity contribution >= 4 is 21.5 Å². The van der Waals surface area contributed by atoms with Gasteiger partial charge in [-0.1, -0.05) is 117 Å². The fraction of sp³-hybridized carbons (Fsp3) is 0.0976. The lowest BCUT2D eigenvalue weighted by atomic mass is 9.81. The molecule has 0 unspecified atom stereocenters. The number of aromatic nitrogens is 1. The van der Waals surface area contributed by atoms with E-state index in [9.17, 15) is 0 Å². The van der Waals surface area contributed by atoms with Crippen molar-refractivity contribution in [3.63, 3.8) is 0 Å². The highest BCUT2D eigenvalue weighted by molar-refractivity contribution is 6.13. The molecule has 0 amide bonds. The third-order valence-corrected chi connectivity index (χ3v) is 9.17. The maximum absolute atomic E-state index is 5.67. The second kappa shape index (κ2) is 9.68. The monoisotopic (exact) mass is 553 g/mol. The molecule has 2 heteroatoms. The molecule has 0 fully saturated rings. The minimum atomic E-state index is -0.153. The number of para-hydroxylation sites is 1. The first-order chi connectivity index (χ1) is 21.0. The van der Waals surface area contributed by atoms with Crippen LogP contribution in [0.5, 0.6) is 5.75 Å². The van der Waals surface area contributed by atoms with Crippen molar-refractivity contribution in [1.29, 1.82) is 0 Å². The SMILES string of the molecule is COc1ccccc1-c1ccc2c(c1)C(C)(C)c1ccc(-c3cccc(-c4cc5ccccc5c5ccccc45)c3)nc1-2. The molecule has 0 spiro atoms. The maximum Gasteiger partial charge on any atom is 0.126 e. The predicted molar refractivity (Wildman–Crippen MR) is 180 cm³/mol. The number of rotatable bonds is 4. The number of ether oxygens (including phenoxy) is 1. The molecule has 0 saturated carbocycles. The van der Waals surface area contributed by atoms with Crippen molar-refractivity contribution in [2.75, 3.05) is 7.11 Å². The smallest absolute Gasteiger partial charge is 0.126 e. The number of hydrogen-bond acceptors (Lipinski definition) is 2. The van der Waals surface area contributed by atoms with Crippen LogP contribution >= 0.6 is 0 Å². The Bertz CT molecular complexity index is 2210. The minimum absolute atomic E-state index is 0.153. The van der Waals surface area contributed by atoms with Crippen molar-refractivity contribution in [2.45, 2.75) is 19.3 Å². The van der Waals surface area contributed by atoms with E-state index >= 15 is 0 Å². The first kappa shape index (κ1) is 25.5. The van der Waals surface area contributed by atoms with Gasteiger partial charge in [0.15, 0.2) is 0 Å². The molecule has 0 radical (unpaired) electrons. The summed E-state index contributed by atoms with van der Waals surface area (Å²) < 4.78 is 5.67. The average molecular weight is 554 g/mol. The second-order valence-electron chi connectivity index (χ2n) is 11.9. The van der Waals surface area contributed by atoms with Gasteiger partial charge in [-0.05, 0) is 79.7 Å². The Hall–Kier alpha value is -5.21. The van der Waals surface area contributed by atoms with E-state index in [2.05, 4.69) is 135 Å². The van der Waals surface area contributed by atoms with E-state index in [-0.39, 0.29) is 5.41 Å². The summed E-state index contributed by atoms with van der Waals surface area (Å²) in [6.07, 6.45) is 0. The highest BCUT2D eigenvalue weighted by atomic mass is 16.5. The Kier molecular flexibility index (Phi) is 5.74. The van der Waals surface area contributed by atoms with E-state index in [1.807, 2.05) is 12.1 Å². The molecular formula is C41H31NO. The summed E-state index contributed by atoms with van der Waals surface area (Å²) in [5.74, 6) is 0.884. The normalized spacial score (nSPS) is 13.2. The van der Waals surface area contributed by atoms with Gasteiger partial charge in [0.05, 0.1) is 18.5 Å². The molecule has 2 nitrogen and oxygen atoms in total. The maximum atomic E-state index is 5.67. The van der Waals surface area contributed by atoms with E-state index < -0.39 is 0 Å². The number of fused-ring (bicyclic) bond motifs is 6. The van der Waals surface area contributed by atoms with Gasteiger partial charge in [0.1, 0.15) is 5.75 Å². The van der Waals surface area contributed by atoms with Crippen LogP contribution in [0.15, 0.2) is 133 Å². The molecule has 206 valence electrons. The van der Waals surface area contributed by atoms with Crippen LogP contribution in [0.3, 0.4) is 0 Å². The van der Waals surface area contributed by atoms with Crippen LogP contribution in [0, 0.1) is 0 Å². The van der Waals surface area contributed by atoms with E-state index in [0.717, 1.165) is 33.8 Å². The fourth-order valence-electron chi connectivity index (χ4n) is 6.93. The Morgan fingerprint density at radius 2 is 1.23 bits per heavy atom. The van der Waals surface area contributed by atoms with Crippen LogP contribution in [0.25, 0.3) is 66.3 Å². The van der Waals surface area contributed by atoms with Gasteiger partial charge in [0, 0.05) is 22.1 Å². The van der Waals surface area contributed by atoms with E-state index in [1.165, 1.54) is 49.4 Å². The van der Waals surface area contributed by atoms with Crippen LogP contribution in [-0.2, 0) is 5.41 Å². The molecule has 0 saturated heterocycles. The lowest BCUT2D eigenvalue weighted by molar-refractivity contribution is 0.416. The molecule has 1 aromatic heterocycles. The van der Waals surface area contributed by atoms with Crippen molar-refractivity contribution < 1.29 is 4.74 Å². The predicted octanol–water partition coefficient (Wildman–Crippen LogP) is 10.7. The summed E-state index contributed by atoms with van der Waals surface area (Å²) in [6.45, 7) is 4.60. The summed E-state index contributed by atoms with van der Waals surface area (Å²) in [5.41, 5.74) is 11.5. The van der Waals surface area contributed by atoms with Gasteiger partial charge in [0.25, 0.3) is 0 Å². The summed E-state index contributed by atoms with van der Waals surface area (Å²) >= 11 is 0. The molecule has 0 atom stereocenters. The number of hydrogen-bond donors (Lipinski definition) is 0. The standard InChI is InChI=1S/C41H31NO/c1-41(2)36-21-22-38(42-40(36)34-20-19-28(25-37(34)41)31-15-8-9-18-39(31)43-3)29-13-10-12-26(23-29)35-24-27-11-4-5-14-30(27)32-16-6-7-17-33(32)35/h4-25H,1-3H3. The van der Waals surface area contributed by atoms with Gasteiger partial charge in [-0.25, -0.2) is 4.98 Å². The fourth-order valence-corrected chi connectivity index (χ4v) is 6.93. The van der Waals surface area contributed by atoms with E-state index in [1.54, 1.807) is 7.11 Å². The molecule has 1 aliphatic carbocycles. The molecule has 1 heterocycles. The van der Waals surface area contributed by atoms with Crippen molar-refractivity contribution in [1.82, 2.24) is 4.98 Å². The second-order valence-corrected chi connectivity index (χ2v) is 11.9. The Morgan fingerprint density at radius 3 is 2.09 bits per heavy atom. The Morgan fingerprint density at radius 1 is 0.512 bits per heavy atom. The van der Waals surface area contributed by atoms with Crippen LogP contribution in [0.1, 0.15) is 25.0 Å². The number of pyridine rings is 1. The Labute approximate surface area is 252 Å². The van der Waals surface area contributed by atoms with Gasteiger partial charge in [-0.15, -0.1) is 0 Å². The zero-order valence-electron chi connectivity index (χ0n) is 24.6. The summed E-state index contributed by atoms with van der Waals surface area (Å²) in [5, 5.41) is 5.09. The van der Waals surface area contributed by atoms with Crippen molar-refractivity contribution in [3.8, 4) is 50.5 Å². The Balaban J connectivity index is 1.24. The number of benzene rings is 6. The highest BCUT2D eigenvalue weighted by Crippen LogP contribution is 2.50.